The molecule has 1 heterocycles. The fraction of sp³-hybridized carbons (Fsp3) is 0.500. The Hall–Kier alpha value is -1.16. The summed E-state index contributed by atoms with van der Waals surface area (Å²) in [7, 11) is 2.09. The lowest BCUT2D eigenvalue weighted by molar-refractivity contribution is 0.591. The molecule has 0 radical (unpaired) electrons. The van der Waals surface area contributed by atoms with Gasteiger partial charge in [-0.3, -0.25) is 4.98 Å². The monoisotopic (exact) mass is 237 g/mol. The number of pyridine rings is 1. The van der Waals surface area contributed by atoms with Gasteiger partial charge in [0, 0.05) is 13.1 Å². The second-order valence-electron chi connectivity index (χ2n) is 3.85. The fourth-order valence-electron chi connectivity index (χ4n) is 1.79. The number of nitrogens with zero attached hydrogens (tertiary/aromatic N) is 2. The molecule has 1 aromatic heterocycles. The van der Waals surface area contributed by atoms with Crippen LogP contribution in [0.25, 0.3) is 0 Å². The van der Waals surface area contributed by atoms with E-state index in [2.05, 4.69) is 30.8 Å². The molecule has 0 spiro atoms. The zero-order valence-electron chi connectivity index (χ0n) is 10.1. The summed E-state index contributed by atoms with van der Waals surface area (Å²) in [5, 5.41) is 0. The lowest BCUT2D eigenvalue weighted by atomic mass is 10.1. The van der Waals surface area contributed by atoms with E-state index in [9.17, 15) is 0 Å². The molecule has 0 aliphatic heterocycles. The van der Waals surface area contributed by atoms with Crippen LogP contribution in [0.4, 0.5) is 5.69 Å². The molecule has 1 rings (SSSR count). The number of anilines is 1. The van der Waals surface area contributed by atoms with Crippen LogP contribution in [-0.2, 0) is 0 Å². The highest BCUT2D eigenvalue weighted by Gasteiger charge is 2.11. The maximum absolute atomic E-state index is 5.51. The number of rotatable bonds is 5. The minimum absolute atomic E-state index is 0.344. The smallest absolute Gasteiger partial charge is 0.122 e. The van der Waals surface area contributed by atoms with E-state index >= 15 is 0 Å². The molecule has 0 atom stereocenters. The Balaban J connectivity index is 2.84. The van der Waals surface area contributed by atoms with E-state index < -0.39 is 0 Å². The summed E-state index contributed by atoms with van der Waals surface area (Å²) in [5.41, 5.74) is 7.29. The van der Waals surface area contributed by atoms with Gasteiger partial charge in [-0.25, -0.2) is 0 Å². The van der Waals surface area contributed by atoms with Gasteiger partial charge in [0.05, 0.1) is 17.6 Å². The van der Waals surface area contributed by atoms with Crippen LogP contribution in [0.3, 0.4) is 0 Å². The predicted octanol–water partition coefficient (Wildman–Crippen LogP) is 2.34. The first kappa shape index (κ1) is 12.9. The Morgan fingerprint density at radius 2 is 2.06 bits per heavy atom. The molecule has 0 aliphatic carbocycles. The highest BCUT2D eigenvalue weighted by Crippen LogP contribution is 2.17. The van der Waals surface area contributed by atoms with Crippen LogP contribution in [0, 0.1) is 0 Å². The van der Waals surface area contributed by atoms with Crippen LogP contribution < -0.4 is 10.6 Å². The molecule has 0 bridgehead atoms. The number of hydrogen-bond donors (Lipinski definition) is 1. The zero-order valence-corrected chi connectivity index (χ0v) is 10.9. The Morgan fingerprint density at radius 1 is 1.44 bits per heavy atom. The quantitative estimate of drug-likeness (QED) is 0.798. The number of aromatic nitrogens is 1. The normalized spacial score (nSPS) is 10.5. The molecule has 3 nitrogen and oxygen atoms in total. The van der Waals surface area contributed by atoms with E-state index in [0.717, 1.165) is 18.5 Å². The van der Waals surface area contributed by atoms with Crippen LogP contribution in [0.2, 0.25) is 0 Å². The van der Waals surface area contributed by atoms with Crippen molar-refractivity contribution in [1.29, 1.82) is 0 Å². The average Bonchev–Trinajstić information content (AvgIpc) is 2.30. The minimum atomic E-state index is 0.344. The van der Waals surface area contributed by atoms with Gasteiger partial charge < -0.3 is 10.6 Å². The molecule has 0 aromatic carbocycles. The van der Waals surface area contributed by atoms with Crippen molar-refractivity contribution in [2.75, 3.05) is 11.9 Å². The first-order valence-corrected chi connectivity index (χ1v) is 5.99. The molecule has 0 saturated heterocycles. The summed E-state index contributed by atoms with van der Waals surface area (Å²) in [6.45, 7) is 4.39. The predicted molar refractivity (Wildman–Crippen MR) is 72.9 cm³/mol. The van der Waals surface area contributed by atoms with Gasteiger partial charge in [-0.05, 0) is 25.0 Å². The Bertz CT molecular complexity index is 344. The van der Waals surface area contributed by atoms with E-state index in [1.165, 1.54) is 0 Å². The second kappa shape index (κ2) is 5.80. The molecular weight excluding hydrogens is 218 g/mol. The standard InChI is InChI=1S/C12H19N3S/c1-4-9(5-2)15(3)10-6-7-11(12(13)16)14-8-10/h6-9H,4-5H2,1-3H3,(H2,13,16). The number of hydrogen-bond acceptors (Lipinski definition) is 3. The van der Waals surface area contributed by atoms with E-state index in [4.69, 9.17) is 18.0 Å². The van der Waals surface area contributed by atoms with Crippen LogP contribution in [-0.4, -0.2) is 23.1 Å². The highest BCUT2D eigenvalue weighted by atomic mass is 32.1. The summed E-state index contributed by atoms with van der Waals surface area (Å²) in [4.78, 5) is 6.83. The first-order chi connectivity index (χ1) is 7.60. The first-order valence-electron chi connectivity index (χ1n) is 5.58. The van der Waals surface area contributed by atoms with Crippen LogP contribution in [0.1, 0.15) is 32.4 Å². The topological polar surface area (TPSA) is 42.1 Å². The summed E-state index contributed by atoms with van der Waals surface area (Å²) < 4.78 is 0. The molecule has 2 N–H and O–H groups in total. The van der Waals surface area contributed by atoms with Gasteiger partial charge in [-0.2, -0.15) is 0 Å². The molecule has 0 unspecified atom stereocenters. The summed E-state index contributed by atoms with van der Waals surface area (Å²) in [5.74, 6) is 0. The van der Waals surface area contributed by atoms with Gasteiger partial charge >= 0.3 is 0 Å². The van der Waals surface area contributed by atoms with Crippen molar-refractivity contribution in [3.63, 3.8) is 0 Å². The van der Waals surface area contributed by atoms with Crippen LogP contribution >= 0.6 is 12.2 Å². The molecule has 0 saturated carbocycles. The van der Waals surface area contributed by atoms with Gasteiger partial charge in [0.1, 0.15) is 4.99 Å². The zero-order chi connectivity index (χ0) is 12.1. The van der Waals surface area contributed by atoms with Crippen molar-refractivity contribution in [2.45, 2.75) is 32.7 Å². The van der Waals surface area contributed by atoms with Crippen molar-refractivity contribution >= 4 is 22.9 Å². The molecule has 88 valence electrons. The van der Waals surface area contributed by atoms with Crippen molar-refractivity contribution in [3.05, 3.63) is 24.0 Å². The van der Waals surface area contributed by atoms with Crippen LogP contribution in [0.5, 0.6) is 0 Å². The summed E-state index contributed by atoms with van der Waals surface area (Å²) in [6.07, 6.45) is 4.08. The molecule has 0 amide bonds. The third-order valence-corrected chi connectivity index (χ3v) is 3.11. The Morgan fingerprint density at radius 3 is 2.44 bits per heavy atom. The van der Waals surface area contributed by atoms with E-state index in [0.29, 0.717) is 16.7 Å². The summed E-state index contributed by atoms with van der Waals surface area (Å²) >= 11 is 4.87. The minimum Gasteiger partial charge on any atom is -0.388 e. The lowest BCUT2D eigenvalue weighted by Crippen LogP contribution is -2.30. The molecular formula is C12H19N3S. The highest BCUT2D eigenvalue weighted by molar-refractivity contribution is 7.80. The lowest BCUT2D eigenvalue weighted by Gasteiger charge is -2.28. The van der Waals surface area contributed by atoms with Gasteiger partial charge in [0.15, 0.2) is 0 Å². The second-order valence-corrected chi connectivity index (χ2v) is 4.29. The average molecular weight is 237 g/mol. The maximum atomic E-state index is 5.51. The van der Waals surface area contributed by atoms with Gasteiger partial charge in [-0.15, -0.1) is 0 Å². The Labute approximate surface area is 103 Å². The molecule has 16 heavy (non-hydrogen) atoms. The van der Waals surface area contributed by atoms with Gasteiger partial charge in [0.2, 0.25) is 0 Å². The molecule has 1 aromatic rings. The largest absolute Gasteiger partial charge is 0.388 e. The number of thiocarbonyl (C=S) groups is 1. The third-order valence-electron chi connectivity index (χ3n) is 2.90. The van der Waals surface area contributed by atoms with Crippen molar-refractivity contribution in [1.82, 2.24) is 4.98 Å². The van der Waals surface area contributed by atoms with E-state index in [-0.39, 0.29) is 0 Å². The Kier molecular flexibility index (Phi) is 4.68. The van der Waals surface area contributed by atoms with Crippen molar-refractivity contribution in [3.8, 4) is 0 Å². The third kappa shape index (κ3) is 2.92. The summed E-state index contributed by atoms with van der Waals surface area (Å²) in [6, 6.07) is 4.44. The maximum Gasteiger partial charge on any atom is 0.122 e. The van der Waals surface area contributed by atoms with Gasteiger partial charge in [0.25, 0.3) is 0 Å². The number of nitrogens with two attached hydrogens (primary N) is 1. The molecule has 0 aliphatic rings. The molecule has 4 heteroatoms. The van der Waals surface area contributed by atoms with Gasteiger partial charge in [-0.1, -0.05) is 26.1 Å². The van der Waals surface area contributed by atoms with E-state index in [1.807, 2.05) is 18.3 Å². The van der Waals surface area contributed by atoms with Crippen molar-refractivity contribution in [2.24, 2.45) is 5.73 Å². The fourth-order valence-corrected chi connectivity index (χ4v) is 1.91. The SMILES string of the molecule is CCC(CC)N(C)c1ccc(C(N)=S)nc1. The van der Waals surface area contributed by atoms with E-state index in [1.54, 1.807) is 0 Å². The molecule has 0 fully saturated rings. The van der Waals surface area contributed by atoms with Crippen LogP contribution in [0.15, 0.2) is 18.3 Å². The van der Waals surface area contributed by atoms with Crippen molar-refractivity contribution < 1.29 is 0 Å².